The van der Waals surface area contributed by atoms with Gasteiger partial charge in [0.15, 0.2) is 0 Å². The highest BCUT2D eigenvalue weighted by Crippen LogP contribution is 2.52. The van der Waals surface area contributed by atoms with E-state index in [0.29, 0.717) is 10.8 Å². The van der Waals surface area contributed by atoms with Gasteiger partial charge in [0.1, 0.15) is 0 Å². The molecule has 0 aromatic rings. The quantitative estimate of drug-likeness (QED) is 0.490. The Morgan fingerprint density at radius 2 is 1.29 bits per heavy atom. The molecule has 3 atom stereocenters. The van der Waals surface area contributed by atoms with Gasteiger partial charge in [-0.05, 0) is 35.5 Å². The predicted octanol–water partition coefficient (Wildman–Crippen LogP) is 6.30. The average molecular weight is 240 g/mol. The number of hydrogen-bond donors (Lipinski definition) is 0. The summed E-state index contributed by atoms with van der Waals surface area (Å²) in [5.41, 5.74) is 0.876. The van der Waals surface area contributed by atoms with E-state index in [4.69, 9.17) is 0 Å². The predicted molar refractivity (Wildman–Crippen MR) is 80.3 cm³/mol. The first kappa shape index (κ1) is 17.0. The SMILES string of the molecule is CCCC(C)C(CCC)C(C)(CC)C(C)(C)C. The summed E-state index contributed by atoms with van der Waals surface area (Å²) in [6.45, 7) is 19.3. The lowest BCUT2D eigenvalue weighted by Gasteiger charge is -2.50. The Morgan fingerprint density at radius 1 is 0.824 bits per heavy atom. The fourth-order valence-electron chi connectivity index (χ4n) is 3.55. The van der Waals surface area contributed by atoms with Gasteiger partial charge in [0, 0.05) is 0 Å². The molecule has 0 aliphatic heterocycles. The molecule has 0 heterocycles. The summed E-state index contributed by atoms with van der Waals surface area (Å²) in [4.78, 5) is 0. The highest BCUT2D eigenvalue weighted by atomic mass is 14.5. The second-order valence-corrected chi connectivity index (χ2v) is 7.18. The lowest BCUT2D eigenvalue weighted by atomic mass is 9.55. The Morgan fingerprint density at radius 3 is 1.59 bits per heavy atom. The molecule has 0 saturated heterocycles. The minimum absolute atomic E-state index is 0.406. The van der Waals surface area contributed by atoms with Crippen LogP contribution in [-0.2, 0) is 0 Å². The number of hydrogen-bond acceptors (Lipinski definition) is 0. The highest BCUT2D eigenvalue weighted by Gasteiger charge is 2.43. The van der Waals surface area contributed by atoms with Crippen LogP contribution in [0.15, 0.2) is 0 Å². The summed E-state index contributed by atoms with van der Waals surface area (Å²) in [6.07, 6.45) is 6.73. The molecule has 0 aliphatic carbocycles. The van der Waals surface area contributed by atoms with E-state index >= 15 is 0 Å². The van der Waals surface area contributed by atoms with E-state index in [2.05, 4.69) is 55.4 Å². The van der Waals surface area contributed by atoms with Crippen molar-refractivity contribution in [3.05, 3.63) is 0 Å². The van der Waals surface area contributed by atoms with Gasteiger partial charge < -0.3 is 0 Å². The number of rotatable bonds is 7. The molecule has 3 unspecified atom stereocenters. The standard InChI is InChI=1S/C17H36/c1-9-12-14(4)15(13-10-2)17(8,11-3)16(5,6)7/h14-15H,9-13H2,1-8H3. The molecule has 17 heavy (non-hydrogen) atoms. The van der Waals surface area contributed by atoms with Crippen molar-refractivity contribution in [2.24, 2.45) is 22.7 Å². The van der Waals surface area contributed by atoms with E-state index in [1.54, 1.807) is 0 Å². The Balaban J connectivity index is 5.11. The van der Waals surface area contributed by atoms with Gasteiger partial charge in [-0.3, -0.25) is 0 Å². The first-order chi connectivity index (χ1) is 7.74. The Bertz CT molecular complexity index is 199. The molecule has 0 N–H and O–H groups in total. The lowest BCUT2D eigenvalue weighted by molar-refractivity contribution is -0.00617. The van der Waals surface area contributed by atoms with Gasteiger partial charge in [0.25, 0.3) is 0 Å². The molecule has 0 aliphatic rings. The van der Waals surface area contributed by atoms with Crippen LogP contribution in [0.4, 0.5) is 0 Å². The maximum atomic E-state index is 2.53. The second-order valence-electron chi connectivity index (χ2n) is 7.18. The third kappa shape index (κ3) is 4.00. The molecule has 0 rings (SSSR count). The van der Waals surface area contributed by atoms with Crippen molar-refractivity contribution >= 4 is 0 Å². The summed E-state index contributed by atoms with van der Waals surface area (Å²) in [5.74, 6) is 1.74. The molecular formula is C17H36. The molecular weight excluding hydrogens is 204 g/mol. The zero-order valence-corrected chi connectivity index (χ0v) is 13.7. The van der Waals surface area contributed by atoms with Crippen LogP contribution in [0.5, 0.6) is 0 Å². The van der Waals surface area contributed by atoms with Crippen molar-refractivity contribution in [2.45, 2.75) is 87.5 Å². The van der Waals surface area contributed by atoms with Crippen molar-refractivity contribution in [3.63, 3.8) is 0 Å². The van der Waals surface area contributed by atoms with E-state index in [1.807, 2.05) is 0 Å². The summed E-state index contributed by atoms with van der Waals surface area (Å²) < 4.78 is 0. The van der Waals surface area contributed by atoms with Crippen LogP contribution in [-0.4, -0.2) is 0 Å². The first-order valence-corrected chi connectivity index (χ1v) is 7.74. The molecule has 0 fully saturated rings. The fraction of sp³-hybridized carbons (Fsp3) is 1.00. The van der Waals surface area contributed by atoms with Crippen molar-refractivity contribution < 1.29 is 0 Å². The Hall–Kier alpha value is 0. The fourth-order valence-corrected chi connectivity index (χ4v) is 3.55. The van der Waals surface area contributed by atoms with Crippen LogP contribution in [0.1, 0.15) is 87.5 Å². The maximum absolute atomic E-state index is 2.53. The van der Waals surface area contributed by atoms with Crippen LogP contribution in [0.2, 0.25) is 0 Å². The minimum Gasteiger partial charge on any atom is -0.0654 e. The molecule has 0 nitrogen and oxygen atoms in total. The van der Waals surface area contributed by atoms with Crippen LogP contribution >= 0.6 is 0 Å². The van der Waals surface area contributed by atoms with Crippen molar-refractivity contribution in [2.75, 3.05) is 0 Å². The van der Waals surface area contributed by atoms with Crippen molar-refractivity contribution in [3.8, 4) is 0 Å². The average Bonchev–Trinajstić information content (AvgIpc) is 2.23. The van der Waals surface area contributed by atoms with E-state index < -0.39 is 0 Å². The van der Waals surface area contributed by atoms with Crippen molar-refractivity contribution in [1.82, 2.24) is 0 Å². The highest BCUT2D eigenvalue weighted by molar-refractivity contribution is 4.92. The molecule has 0 aromatic heterocycles. The molecule has 0 bridgehead atoms. The molecule has 0 heteroatoms. The van der Waals surface area contributed by atoms with Gasteiger partial charge in [-0.25, -0.2) is 0 Å². The van der Waals surface area contributed by atoms with Crippen LogP contribution in [0, 0.1) is 22.7 Å². The van der Waals surface area contributed by atoms with Crippen LogP contribution < -0.4 is 0 Å². The van der Waals surface area contributed by atoms with Gasteiger partial charge >= 0.3 is 0 Å². The zero-order valence-electron chi connectivity index (χ0n) is 13.7. The Kier molecular flexibility index (Phi) is 6.81. The smallest absolute Gasteiger partial charge is 0.0249 e. The van der Waals surface area contributed by atoms with Gasteiger partial charge in [-0.1, -0.05) is 74.7 Å². The molecule has 0 aromatic carbocycles. The maximum Gasteiger partial charge on any atom is -0.0249 e. The molecule has 0 radical (unpaired) electrons. The zero-order chi connectivity index (χ0) is 13.7. The van der Waals surface area contributed by atoms with E-state index in [1.165, 1.54) is 32.1 Å². The van der Waals surface area contributed by atoms with E-state index in [-0.39, 0.29) is 0 Å². The summed E-state index contributed by atoms with van der Waals surface area (Å²) in [5, 5.41) is 0. The van der Waals surface area contributed by atoms with Crippen LogP contribution in [0.25, 0.3) is 0 Å². The Labute approximate surface area is 111 Å². The van der Waals surface area contributed by atoms with Crippen molar-refractivity contribution in [1.29, 1.82) is 0 Å². The molecule has 104 valence electrons. The summed E-state index contributed by atoms with van der Waals surface area (Å²) in [6, 6.07) is 0. The lowest BCUT2D eigenvalue weighted by Crippen LogP contribution is -2.42. The van der Waals surface area contributed by atoms with E-state index in [0.717, 1.165) is 11.8 Å². The van der Waals surface area contributed by atoms with Gasteiger partial charge in [0.2, 0.25) is 0 Å². The third-order valence-corrected chi connectivity index (χ3v) is 5.30. The van der Waals surface area contributed by atoms with Gasteiger partial charge in [-0.15, -0.1) is 0 Å². The summed E-state index contributed by atoms with van der Waals surface area (Å²) >= 11 is 0. The van der Waals surface area contributed by atoms with Gasteiger partial charge in [0.05, 0.1) is 0 Å². The first-order valence-electron chi connectivity index (χ1n) is 7.74. The normalized spacial score (nSPS) is 19.8. The van der Waals surface area contributed by atoms with Gasteiger partial charge in [-0.2, -0.15) is 0 Å². The van der Waals surface area contributed by atoms with E-state index in [9.17, 15) is 0 Å². The topological polar surface area (TPSA) is 0 Å². The van der Waals surface area contributed by atoms with Crippen LogP contribution in [0.3, 0.4) is 0 Å². The molecule has 0 saturated carbocycles. The monoisotopic (exact) mass is 240 g/mol. The molecule has 0 amide bonds. The largest absolute Gasteiger partial charge is 0.0654 e. The third-order valence-electron chi connectivity index (χ3n) is 5.30. The second kappa shape index (κ2) is 6.81. The summed E-state index contributed by atoms with van der Waals surface area (Å²) in [7, 11) is 0. The minimum atomic E-state index is 0.406. The molecule has 0 spiro atoms.